The molecule has 3 heteroatoms. The summed E-state index contributed by atoms with van der Waals surface area (Å²) >= 11 is 0. The Kier molecular flexibility index (Phi) is 4.59. The van der Waals surface area contributed by atoms with E-state index in [0.29, 0.717) is 29.1 Å². The molecule has 0 heterocycles. The third-order valence-electron chi connectivity index (χ3n) is 9.84. The van der Waals surface area contributed by atoms with Gasteiger partial charge in [0.2, 0.25) is 0 Å². The summed E-state index contributed by atoms with van der Waals surface area (Å²) in [5.41, 5.74) is 0.623. The summed E-state index contributed by atoms with van der Waals surface area (Å²) in [5, 5.41) is 10.7. The second-order valence-electron chi connectivity index (χ2n) is 11.0. The molecule has 1 N–H and O–H groups in total. The molecule has 26 heavy (non-hydrogen) atoms. The molecular formula is C23H39NO2. The average Bonchev–Trinajstić information content (AvgIpc) is 2.92. The molecule has 0 aliphatic heterocycles. The first-order chi connectivity index (χ1) is 12.2. The van der Waals surface area contributed by atoms with Gasteiger partial charge in [-0.15, -0.1) is 0 Å². The van der Waals surface area contributed by atoms with Crippen LogP contribution in [0, 0.1) is 40.4 Å². The van der Waals surface area contributed by atoms with Crippen LogP contribution in [0.25, 0.3) is 0 Å². The highest BCUT2D eigenvalue weighted by Gasteiger charge is 2.61. The summed E-state index contributed by atoms with van der Waals surface area (Å²) in [6, 6.07) is 0.303. The largest absolute Gasteiger partial charge is 0.391 e. The molecule has 0 spiro atoms. The third-order valence-corrected chi connectivity index (χ3v) is 9.84. The molecule has 4 rings (SSSR count). The Morgan fingerprint density at radius 1 is 1.00 bits per heavy atom. The fourth-order valence-corrected chi connectivity index (χ4v) is 8.47. The van der Waals surface area contributed by atoms with Gasteiger partial charge in [-0.05, 0) is 107 Å². The maximum Gasteiger partial charge on any atom is 0.133 e. The van der Waals surface area contributed by atoms with Crippen molar-refractivity contribution in [2.75, 3.05) is 14.1 Å². The number of rotatable bonds is 2. The minimum absolute atomic E-state index is 0.165. The quantitative estimate of drug-likeness (QED) is 0.804. The van der Waals surface area contributed by atoms with Crippen LogP contribution >= 0.6 is 0 Å². The number of aliphatic hydroxyl groups excluding tert-OH is 1. The van der Waals surface area contributed by atoms with Gasteiger partial charge in [-0.3, -0.25) is 4.79 Å². The molecule has 4 aliphatic carbocycles. The normalized spacial score (nSPS) is 53.7. The van der Waals surface area contributed by atoms with Crippen molar-refractivity contribution in [3.8, 4) is 0 Å². The third kappa shape index (κ3) is 2.56. The van der Waals surface area contributed by atoms with Gasteiger partial charge in [0.05, 0.1) is 6.10 Å². The molecule has 0 amide bonds. The first-order valence-electron chi connectivity index (χ1n) is 11.0. The van der Waals surface area contributed by atoms with Gasteiger partial charge in [0.1, 0.15) is 5.78 Å². The SMILES string of the molecule is CC(=O)[C@H]1CCC2[C@@H]3CCC4C[C@H](O)[C@@H](N(C)C)C[C@]4(C)C3CC[C@@]21C. The number of nitrogens with zero attached hydrogens (tertiary/aromatic N) is 1. The van der Waals surface area contributed by atoms with Gasteiger partial charge in [0.15, 0.2) is 0 Å². The van der Waals surface area contributed by atoms with Crippen molar-refractivity contribution in [1.82, 2.24) is 4.90 Å². The molecule has 0 saturated heterocycles. The van der Waals surface area contributed by atoms with E-state index in [1.807, 2.05) is 6.92 Å². The van der Waals surface area contributed by atoms with E-state index in [2.05, 4.69) is 32.8 Å². The number of fused-ring (bicyclic) bond motifs is 5. The molecule has 3 nitrogen and oxygen atoms in total. The summed E-state index contributed by atoms with van der Waals surface area (Å²) in [4.78, 5) is 14.5. The van der Waals surface area contributed by atoms with Crippen LogP contribution in [0.15, 0.2) is 0 Å². The minimum Gasteiger partial charge on any atom is -0.391 e. The summed E-state index contributed by atoms with van der Waals surface area (Å²) in [6.07, 6.45) is 9.50. The lowest BCUT2D eigenvalue weighted by Gasteiger charge is -2.62. The first kappa shape index (κ1) is 18.9. The standard InChI is InChI=1S/C23H39NO2/c1-14(25)17-8-9-18-16-7-6-15-12-21(26)20(24(4)5)13-23(15,3)19(16)10-11-22(17,18)2/h15-21,26H,6-13H2,1-5H3/t15?,16-,17+,18?,19?,20-,21-,22+,23-/m0/s1. The lowest BCUT2D eigenvalue weighted by Crippen LogP contribution is -2.58. The fraction of sp³-hybridized carbons (Fsp3) is 0.957. The minimum atomic E-state index is -0.165. The van der Waals surface area contributed by atoms with Gasteiger partial charge in [-0.1, -0.05) is 13.8 Å². The lowest BCUT2D eigenvalue weighted by molar-refractivity contribution is -0.149. The van der Waals surface area contributed by atoms with Crippen LogP contribution < -0.4 is 0 Å². The number of Topliss-reactive ketones (excluding diaryl/α,β-unsaturated/α-hetero) is 1. The van der Waals surface area contributed by atoms with E-state index in [9.17, 15) is 9.90 Å². The number of aliphatic hydroxyl groups is 1. The Balaban J connectivity index is 1.62. The Hall–Kier alpha value is -0.410. The van der Waals surface area contributed by atoms with Crippen molar-refractivity contribution < 1.29 is 9.90 Å². The fourth-order valence-electron chi connectivity index (χ4n) is 8.47. The van der Waals surface area contributed by atoms with E-state index in [1.54, 1.807) is 0 Å². The molecule has 9 atom stereocenters. The van der Waals surface area contributed by atoms with Gasteiger partial charge in [0, 0.05) is 12.0 Å². The Morgan fingerprint density at radius 2 is 1.69 bits per heavy atom. The lowest BCUT2D eigenvalue weighted by atomic mass is 9.44. The number of likely N-dealkylation sites (N-methyl/N-ethyl adjacent to an activating group) is 1. The van der Waals surface area contributed by atoms with Crippen molar-refractivity contribution in [2.45, 2.75) is 84.3 Å². The van der Waals surface area contributed by atoms with Crippen molar-refractivity contribution >= 4 is 5.78 Å². The van der Waals surface area contributed by atoms with E-state index in [0.717, 1.165) is 37.0 Å². The number of carbonyl (C=O) groups excluding carboxylic acids is 1. The second kappa shape index (κ2) is 6.30. The predicted octanol–water partition coefficient (Wildman–Crippen LogP) is 4.14. The molecule has 4 saturated carbocycles. The van der Waals surface area contributed by atoms with Crippen LogP contribution in [0.2, 0.25) is 0 Å². The number of hydrogen-bond acceptors (Lipinski definition) is 3. The zero-order chi connectivity index (χ0) is 18.9. The number of carbonyl (C=O) groups is 1. The van der Waals surface area contributed by atoms with Gasteiger partial charge in [-0.25, -0.2) is 0 Å². The summed E-state index contributed by atoms with van der Waals surface area (Å²) in [7, 11) is 4.26. The van der Waals surface area contributed by atoms with E-state index in [1.165, 1.54) is 32.1 Å². The summed E-state index contributed by atoms with van der Waals surface area (Å²) in [5.74, 6) is 3.77. The van der Waals surface area contributed by atoms with Crippen molar-refractivity contribution in [3.05, 3.63) is 0 Å². The first-order valence-corrected chi connectivity index (χ1v) is 11.0. The van der Waals surface area contributed by atoms with E-state index in [-0.39, 0.29) is 11.5 Å². The highest BCUT2D eigenvalue weighted by Crippen LogP contribution is 2.67. The van der Waals surface area contributed by atoms with E-state index in [4.69, 9.17) is 0 Å². The monoisotopic (exact) mass is 361 g/mol. The van der Waals surface area contributed by atoms with Crippen molar-refractivity contribution in [3.63, 3.8) is 0 Å². The molecule has 3 unspecified atom stereocenters. The predicted molar refractivity (Wildman–Crippen MR) is 105 cm³/mol. The summed E-state index contributed by atoms with van der Waals surface area (Å²) in [6.45, 7) is 6.82. The van der Waals surface area contributed by atoms with Crippen LogP contribution in [-0.2, 0) is 4.79 Å². The maximum absolute atomic E-state index is 12.3. The zero-order valence-corrected chi connectivity index (χ0v) is 17.5. The van der Waals surface area contributed by atoms with Gasteiger partial charge in [-0.2, -0.15) is 0 Å². The molecule has 4 aliphatic rings. The van der Waals surface area contributed by atoms with E-state index < -0.39 is 0 Å². The smallest absolute Gasteiger partial charge is 0.133 e. The Morgan fingerprint density at radius 3 is 2.35 bits per heavy atom. The van der Waals surface area contributed by atoms with Crippen molar-refractivity contribution in [1.29, 1.82) is 0 Å². The molecule has 148 valence electrons. The molecule has 0 aromatic carbocycles. The van der Waals surface area contributed by atoms with Crippen LogP contribution in [-0.4, -0.2) is 42.0 Å². The second-order valence-corrected chi connectivity index (χ2v) is 11.0. The average molecular weight is 362 g/mol. The Labute approximate surface area is 159 Å². The summed E-state index contributed by atoms with van der Waals surface area (Å²) < 4.78 is 0. The highest BCUT2D eigenvalue weighted by molar-refractivity contribution is 5.79. The van der Waals surface area contributed by atoms with Gasteiger partial charge < -0.3 is 10.0 Å². The molecule has 0 bridgehead atoms. The van der Waals surface area contributed by atoms with Crippen LogP contribution in [0.5, 0.6) is 0 Å². The maximum atomic E-state index is 12.3. The molecule has 0 radical (unpaired) electrons. The van der Waals surface area contributed by atoms with Crippen molar-refractivity contribution in [2.24, 2.45) is 40.4 Å². The molecule has 0 aromatic heterocycles. The molecular weight excluding hydrogens is 322 g/mol. The number of hydrogen-bond donors (Lipinski definition) is 1. The highest BCUT2D eigenvalue weighted by atomic mass is 16.3. The van der Waals surface area contributed by atoms with Crippen LogP contribution in [0.1, 0.15) is 72.1 Å². The van der Waals surface area contributed by atoms with E-state index >= 15 is 0 Å². The van der Waals surface area contributed by atoms with Gasteiger partial charge >= 0.3 is 0 Å². The molecule has 0 aromatic rings. The van der Waals surface area contributed by atoms with Gasteiger partial charge in [0.25, 0.3) is 0 Å². The number of ketones is 1. The zero-order valence-electron chi connectivity index (χ0n) is 17.5. The van der Waals surface area contributed by atoms with Crippen LogP contribution in [0.4, 0.5) is 0 Å². The Bertz CT molecular complexity index is 575. The molecule has 4 fully saturated rings. The van der Waals surface area contributed by atoms with Crippen LogP contribution in [0.3, 0.4) is 0 Å². The topological polar surface area (TPSA) is 40.5 Å².